The summed E-state index contributed by atoms with van der Waals surface area (Å²) in [4.78, 5) is 13.3. The molecule has 17 heavy (non-hydrogen) atoms. The zero-order valence-electron chi connectivity index (χ0n) is 9.64. The van der Waals surface area contributed by atoms with Gasteiger partial charge in [0.05, 0.1) is 5.69 Å². The predicted octanol–water partition coefficient (Wildman–Crippen LogP) is 2.76. The Balaban J connectivity index is 1.99. The summed E-state index contributed by atoms with van der Waals surface area (Å²) in [6.45, 7) is 0. The third-order valence-electron chi connectivity index (χ3n) is 3.15. The first-order valence-corrected chi connectivity index (χ1v) is 6.97. The number of nitrogens with zero attached hydrogens (tertiary/aromatic N) is 1. The van der Waals surface area contributed by atoms with E-state index in [-0.39, 0.29) is 5.56 Å². The fourth-order valence-electron chi connectivity index (χ4n) is 1.99. The molecule has 0 saturated heterocycles. The lowest BCUT2D eigenvalue weighted by Crippen LogP contribution is -2.16. The Hall–Kier alpha value is -1.42. The second-order valence-corrected chi connectivity index (χ2v) is 5.22. The quantitative estimate of drug-likeness (QED) is 0.846. The SMILES string of the molecule is CSc1ccc(-n2[nH]cc(C3CC3)c2=O)cc1. The lowest BCUT2D eigenvalue weighted by atomic mass is 10.2. The first-order valence-electron chi connectivity index (χ1n) is 5.74. The molecule has 88 valence electrons. The summed E-state index contributed by atoms with van der Waals surface area (Å²) in [5.74, 6) is 0.491. The molecule has 1 N–H and O–H groups in total. The van der Waals surface area contributed by atoms with Crippen molar-refractivity contribution in [1.82, 2.24) is 9.78 Å². The summed E-state index contributed by atoms with van der Waals surface area (Å²) < 4.78 is 1.62. The molecule has 0 atom stereocenters. The zero-order valence-corrected chi connectivity index (χ0v) is 10.5. The van der Waals surface area contributed by atoms with Crippen molar-refractivity contribution < 1.29 is 0 Å². The molecule has 0 aliphatic heterocycles. The topological polar surface area (TPSA) is 37.8 Å². The fourth-order valence-corrected chi connectivity index (χ4v) is 2.40. The normalized spacial score (nSPS) is 15.1. The summed E-state index contributed by atoms with van der Waals surface area (Å²) >= 11 is 1.70. The molecule has 0 radical (unpaired) electrons. The second-order valence-electron chi connectivity index (χ2n) is 4.34. The third-order valence-corrected chi connectivity index (χ3v) is 3.89. The Morgan fingerprint density at radius 3 is 2.59 bits per heavy atom. The van der Waals surface area contributed by atoms with E-state index >= 15 is 0 Å². The van der Waals surface area contributed by atoms with E-state index in [9.17, 15) is 4.79 Å². The lowest BCUT2D eigenvalue weighted by molar-refractivity contribution is 0.845. The molecule has 1 fully saturated rings. The first-order chi connectivity index (χ1) is 8.29. The highest BCUT2D eigenvalue weighted by Crippen LogP contribution is 2.38. The van der Waals surface area contributed by atoms with Gasteiger partial charge in [0.25, 0.3) is 5.56 Å². The minimum atomic E-state index is 0.101. The molecular formula is C13H14N2OS. The number of benzene rings is 1. The fraction of sp³-hybridized carbons (Fsp3) is 0.308. The van der Waals surface area contributed by atoms with Gasteiger partial charge in [-0.2, -0.15) is 0 Å². The predicted molar refractivity (Wildman–Crippen MR) is 70.1 cm³/mol. The molecule has 0 bridgehead atoms. The third kappa shape index (κ3) is 1.93. The average molecular weight is 246 g/mol. The molecule has 1 aromatic heterocycles. The van der Waals surface area contributed by atoms with Crippen molar-refractivity contribution in [2.24, 2.45) is 0 Å². The first kappa shape index (κ1) is 10.7. The maximum atomic E-state index is 12.1. The molecule has 1 saturated carbocycles. The van der Waals surface area contributed by atoms with Crippen LogP contribution in [0.15, 0.2) is 40.2 Å². The van der Waals surface area contributed by atoms with E-state index in [0.29, 0.717) is 5.92 Å². The van der Waals surface area contributed by atoms with Gasteiger partial charge in [-0.15, -0.1) is 11.8 Å². The summed E-state index contributed by atoms with van der Waals surface area (Å²) in [5, 5.41) is 3.05. The minimum Gasteiger partial charge on any atom is -0.298 e. The van der Waals surface area contributed by atoms with Crippen LogP contribution in [0, 0.1) is 0 Å². The summed E-state index contributed by atoms with van der Waals surface area (Å²) in [5.41, 5.74) is 1.93. The molecule has 1 aliphatic carbocycles. The Bertz CT molecular complexity index is 578. The van der Waals surface area contributed by atoms with Crippen molar-refractivity contribution in [2.75, 3.05) is 6.26 Å². The minimum absolute atomic E-state index is 0.101. The van der Waals surface area contributed by atoms with Crippen molar-refractivity contribution in [1.29, 1.82) is 0 Å². The summed E-state index contributed by atoms with van der Waals surface area (Å²) in [6, 6.07) is 8.01. The molecule has 0 amide bonds. The molecule has 4 heteroatoms. The van der Waals surface area contributed by atoms with Gasteiger partial charge in [-0.1, -0.05) is 0 Å². The molecular weight excluding hydrogens is 232 g/mol. The van der Waals surface area contributed by atoms with Crippen LogP contribution in [-0.2, 0) is 0 Å². The Kier molecular flexibility index (Phi) is 2.59. The summed E-state index contributed by atoms with van der Waals surface area (Å²) in [6.07, 6.45) is 6.19. The van der Waals surface area contributed by atoms with Crippen LogP contribution in [0.25, 0.3) is 5.69 Å². The van der Waals surface area contributed by atoms with Crippen LogP contribution in [0.4, 0.5) is 0 Å². The molecule has 3 nitrogen and oxygen atoms in total. The molecule has 1 aliphatic rings. The van der Waals surface area contributed by atoms with E-state index in [4.69, 9.17) is 0 Å². The van der Waals surface area contributed by atoms with Gasteiger partial charge in [0.1, 0.15) is 0 Å². The maximum Gasteiger partial charge on any atom is 0.274 e. The van der Waals surface area contributed by atoms with Crippen LogP contribution in [0.3, 0.4) is 0 Å². The van der Waals surface area contributed by atoms with Gasteiger partial charge < -0.3 is 0 Å². The highest BCUT2D eigenvalue weighted by molar-refractivity contribution is 7.98. The number of aromatic amines is 1. The van der Waals surface area contributed by atoms with Gasteiger partial charge >= 0.3 is 0 Å². The molecule has 3 rings (SSSR count). The van der Waals surface area contributed by atoms with Crippen LogP contribution < -0.4 is 5.56 Å². The van der Waals surface area contributed by atoms with Crippen molar-refractivity contribution in [2.45, 2.75) is 23.7 Å². The van der Waals surface area contributed by atoms with E-state index in [2.05, 4.69) is 5.10 Å². The Labute approximate surface area is 104 Å². The summed E-state index contributed by atoms with van der Waals surface area (Å²) in [7, 11) is 0. The molecule has 2 aromatic rings. The smallest absolute Gasteiger partial charge is 0.274 e. The second kappa shape index (κ2) is 4.11. The van der Waals surface area contributed by atoms with Gasteiger partial charge in [0.2, 0.25) is 0 Å². The number of nitrogens with one attached hydrogen (secondary N) is 1. The number of rotatable bonds is 3. The van der Waals surface area contributed by atoms with Crippen LogP contribution in [0.1, 0.15) is 24.3 Å². The van der Waals surface area contributed by atoms with Crippen molar-refractivity contribution in [3.05, 3.63) is 46.4 Å². The maximum absolute atomic E-state index is 12.1. The van der Waals surface area contributed by atoms with E-state index in [1.165, 1.54) is 4.90 Å². The van der Waals surface area contributed by atoms with Crippen LogP contribution in [-0.4, -0.2) is 16.0 Å². The molecule has 1 heterocycles. The van der Waals surface area contributed by atoms with Gasteiger partial charge in [-0.25, -0.2) is 4.68 Å². The van der Waals surface area contributed by atoms with E-state index in [1.54, 1.807) is 16.4 Å². The van der Waals surface area contributed by atoms with Crippen LogP contribution in [0.5, 0.6) is 0 Å². The Morgan fingerprint density at radius 1 is 1.29 bits per heavy atom. The van der Waals surface area contributed by atoms with Gasteiger partial charge in [-0.3, -0.25) is 9.89 Å². The average Bonchev–Trinajstić information content (AvgIpc) is 3.13. The zero-order chi connectivity index (χ0) is 11.8. The number of hydrogen-bond acceptors (Lipinski definition) is 2. The standard InChI is InChI=1S/C13H14N2OS/c1-17-11-6-4-10(5-7-11)15-13(16)12(8-14-15)9-2-3-9/h4-9,14H,2-3H2,1H3. The Morgan fingerprint density at radius 2 is 2.00 bits per heavy atom. The van der Waals surface area contributed by atoms with Crippen molar-refractivity contribution >= 4 is 11.8 Å². The van der Waals surface area contributed by atoms with Crippen LogP contribution >= 0.6 is 11.8 Å². The van der Waals surface area contributed by atoms with Gasteiger partial charge in [0.15, 0.2) is 0 Å². The molecule has 1 aromatic carbocycles. The van der Waals surface area contributed by atoms with E-state index < -0.39 is 0 Å². The number of aromatic nitrogens is 2. The molecule has 0 spiro atoms. The number of thioether (sulfide) groups is 1. The molecule has 0 unspecified atom stereocenters. The van der Waals surface area contributed by atoms with Crippen LogP contribution in [0.2, 0.25) is 0 Å². The lowest BCUT2D eigenvalue weighted by Gasteiger charge is -2.02. The van der Waals surface area contributed by atoms with E-state index in [1.807, 2.05) is 36.7 Å². The van der Waals surface area contributed by atoms with E-state index in [0.717, 1.165) is 24.1 Å². The van der Waals surface area contributed by atoms with Gasteiger partial charge in [-0.05, 0) is 49.3 Å². The largest absolute Gasteiger partial charge is 0.298 e. The number of hydrogen-bond donors (Lipinski definition) is 1. The highest BCUT2D eigenvalue weighted by atomic mass is 32.2. The van der Waals surface area contributed by atoms with Crippen molar-refractivity contribution in [3.63, 3.8) is 0 Å². The highest BCUT2D eigenvalue weighted by Gasteiger charge is 2.27. The monoisotopic (exact) mass is 246 g/mol. The van der Waals surface area contributed by atoms with Crippen molar-refractivity contribution in [3.8, 4) is 5.69 Å². The number of H-pyrrole nitrogens is 1. The van der Waals surface area contributed by atoms with Gasteiger partial charge in [0, 0.05) is 16.7 Å².